The lowest BCUT2D eigenvalue weighted by Crippen LogP contribution is -2.54. The fourth-order valence-corrected chi connectivity index (χ4v) is 7.35. The number of anilines is 2. The number of carboxylic acid groups (broad SMARTS) is 1. The molecule has 0 radical (unpaired) electrons. The number of nitrogens with one attached hydrogen (secondary N) is 6. The van der Waals surface area contributed by atoms with Gasteiger partial charge in [0.1, 0.15) is 17.7 Å². The minimum Gasteiger partial charge on any atom is -0.480 e. The van der Waals surface area contributed by atoms with Crippen molar-refractivity contribution in [2.75, 3.05) is 24.1 Å². The molecule has 2 aromatic carbocycles. The number of piperidine rings is 1. The van der Waals surface area contributed by atoms with Gasteiger partial charge in [0, 0.05) is 43.4 Å². The first-order valence-corrected chi connectivity index (χ1v) is 19.7. The van der Waals surface area contributed by atoms with Gasteiger partial charge in [-0.3, -0.25) is 48.8 Å². The molecule has 0 bridgehead atoms. The average molecular weight is 810 g/mol. The molecule has 18 nitrogen and oxygen atoms in total. The summed E-state index contributed by atoms with van der Waals surface area (Å²) in [6.45, 7) is 1.02. The molecule has 2 aliphatic rings. The molecule has 2 atom stereocenters. The van der Waals surface area contributed by atoms with Gasteiger partial charge in [0.15, 0.2) is 0 Å². The van der Waals surface area contributed by atoms with Crippen LogP contribution in [0.25, 0.3) is 11.0 Å². The number of H-pyrrole nitrogens is 2. The summed E-state index contributed by atoms with van der Waals surface area (Å²) in [5, 5.41) is 20.9. The monoisotopic (exact) mass is 809 g/mol. The van der Waals surface area contributed by atoms with E-state index in [0.29, 0.717) is 42.7 Å². The van der Waals surface area contributed by atoms with Crippen molar-refractivity contribution in [3.8, 4) is 0 Å². The van der Waals surface area contributed by atoms with Crippen molar-refractivity contribution in [3.05, 3.63) is 86.8 Å². The van der Waals surface area contributed by atoms with Crippen molar-refractivity contribution in [2.45, 2.75) is 89.1 Å². The smallest absolute Gasteiger partial charge is 0.326 e. The van der Waals surface area contributed by atoms with E-state index in [1.54, 1.807) is 48.7 Å². The van der Waals surface area contributed by atoms with E-state index in [1.807, 2.05) is 0 Å². The van der Waals surface area contributed by atoms with Crippen LogP contribution in [-0.2, 0) is 32.0 Å². The maximum atomic E-state index is 13.2. The number of unbranched alkanes of at least 4 members (excludes halogenated alkanes) is 5. The number of hydrogen-bond acceptors (Lipinski definition) is 11. The highest BCUT2D eigenvalue weighted by Crippen LogP contribution is 2.32. The van der Waals surface area contributed by atoms with E-state index >= 15 is 0 Å². The lowest BCUT2D eigenvalue weighted by Gasteiger charge is -2.27. The number of aryl methyl sites for hydroxylation is 2. The molecule has 0 aliphatic carbocycles. The molecule has 310 valence electrons. The van der Waals surface area contributed by atoms with Gasteiger partial charge in [0.25, 0.3) is 23.3 Å². The Kier molecular flexibility index (Phi) is 13.5. The number of nitrogen functional groups attached to an aromatic ring is 1. The Hall–Kier alpha value is -6.85. The van der Waals surface area contributed by atoms with Gasteiger partial charge in [-0.2, -0.15) is 4.98 Å². The quantitative estimate of drug-likeness (QED) is 0.0473. The van der Waals surface area contributed by atoms with Crippen molar-refractivity contribution in [3.63, 3.8) is 0 Å². The van der Waals surface area contributed by atoms with Gasteiger partial charge in [0.2, 0.25) is 23.7 Å². The van der Waals surface area contributed by atoms with Gasteiger partial charge in [-0.15, -0.1) is 0 Å². The zero-order valence-electron chi connectivity index (χ0n) is 32.4. The number of benzene rings is 2. The number of carbonyl (C=O) groups excluding carboxylic acids is 6. The molecule has 4 aromatic rings. The van der Waals surface area contributed by atoms with Crippen molar-refractivity contribution >= 4 is 64.1 Å². The van der Waals surface area contributed by atoms with E-state index in [0.717, 1.165) is 54.6 Å². The molecule has 1 fully saturated rings. The van der Waals surface area contributed by atoms with Crippen LogP contribution in [0, 0.1) is 0 Å². The predicted octanol–water partition coefficient (Wildman–Crippen LogP) is 2.55. The normalized spacial score (nSPS) is 15.5. The molecule has 18 heteroatoms. The molecule has 2 aliphatic heterocycles. The van der Waals surface area contributed by atoms with Gasteiger partial charge < -0.3 is 31.8 Å². The third-order valence-electron chi connectivity index (χ3n) is 10.5. The van der Waals surface area contributed by atoms with Gasteiger partial charge in [0.05, 0.1) is 16.5 Å². The minimum atomic E-state index is -1.25. The zero-order valence-corrected chi connectivity index (χ0v) is 32.4. The largest absolute Gasteiger partial charge is 0.480 e. The number of fused-ring (bicyclic) bond motifs is 2. The third-order valence-corrected chi connectivity index (χ3v) is 10.5. The first-order valence-electron chi connectivity index (χ1n) is 19.7. The van der Waals surface area contributed by atoms with Gasteiger partial charge in [-0.05, 0) is 73.9 Å². The zero-order chi connectivity index (χ0) is 42.1. The minimum absolute atomic E-state index is 0.0264. The van der Waals surface area contributed by atoms with Crippen LogP contribution in [0.5, 0.6) is 0 Å². The lowest BCUT2D eigenvalue weighted by atomic mass is 10.0. The molecular formula is C41H47N9O9. The van der Waals surface area contributed by atoms with Crippen molar-refractivity contribution in [1.82, 2.24) is 35.8 Å². The summed E-state index contributed by atoms with van der Waals surface area (Å²) < 4.78 is 0. The van der Waals surface area contributed by atoms with E-state index in [4.69, 9.17) is 5.73 Å². The number of aliphatic carboxylic acids is 1. The van der Waals surface area contributed by atoms with Crippen LogP contribution in [0.1, 0.15) is 106 Å². The summed E-state index contributed by atoms with van der Waals surface area (Å²) in [6, 6.07) is 9.42. The van der Waals surface area contributed by atoms with Gasteiger partial charge >= 0.3 is 5.97 Å². The van der Waals surface area contributed by atoms with Crippen molar-refractivity contribution in [1.29, 1.82) is 0 Å². The SMILES string of the molecule is Nc1nc2[nH]cc(CCc3ccc(C(=O)N[C@@H](CCC(=O)NCCCCCCCCNc4cccc5c4C(=O)N(C4CCC(=O)NC4=O)C5=O)C(=O)O)cc3)c2c(=O)[nH]1. The van der Waals surface area contributed by atoms with Crippen LogP contribution in [0.4, 0.5) is 11.6 Å². The van der Waals surface area contributed by atoms with Crippen molar-refractivity contribution in [2.24, 2.45) is 0 Å². The summed E-state index contributed by atoms with van der Waals surface area (Å²) in [5.41, 5.74) is 8.63. The Bertz CT molecular complexity index is 2320. The molecule has 59 heavy (non-hydrogen) atoms. The highest BCUT2D eigenvalue weighted by atomic mass is 16.4. The van der Waals surface area contributed by atoms with Crippen molar-refractivity contribution < 1.29 is 38.7 Å². The number of imide groups is 2. The number of hydrogen-bond donors (Lipinski definition) is 8. The number of aromatic amines is 2. The second-order valence-electron chi connectivity index (χ2n) is 14.7. The van der Waals surface area contributed by atoms with E-state index in [2.05, 4.69) is 36.2 Å². The molecule has 1 unspecified atom stereocenters. The molecule has 6 rings (SSSR count). The van der Waals surface area contributed by atoms with Crippen LogP contribution in [0.2, 0.25) is 0 Å². The number of aromatic nitrogens is 3. The second-order valence-corrected chi connectivity index (χ2v) is 14.7. The highest BCUT2D eigenvalue weighted by Gasteiger charge is 2.45. The molecule has 1 saturated heterocycles. The molecule has 0 spiro atoms. The number of carboxylic acids is 1. The average Bonchev–Trinajstić information content (AvgIpc) is 3.73. The predicted molar refractivity (Wildman–Crippen MR) is 215 cm³/mol. The first-order chi connectivity index (χ1) is 28.4. The van der Waals surface area contributed by atoms with Gasteiger partial charge in [-0.1, -0.05) is 43.9 Å². The summed E-state index contributed by atoms with van der Waals surface area (Å²) in [5.74, 6) is -4.26. The first kappa shape index (κ1) is 41.8. The maximum absolute atomic E-state index is 13.2. The van der Waals surface area contributed by atoms with E-state index in [1.165, 1.54) is 0 Å². The number of carbonyl (C=O) groups is 7. The maximum Gasteiger partial charge on any atom is 0.326 e. The Labute approximate surface area is 338 Å². The number of nitrogens with two attached hydrogens (primary N) is 1. The van der Waals surface area contributed by atoms with E-state index in [9.17, 15) is 43.5 Å². The van der Waals surface area contributed by atoms with Crippen LogP contribution >= 0.6 is 0 Å². The number of amides is 6. The highest BCUT2D eigenvalue weighted by molar-refractivity contribution is 6.25. The lowest BCUT2D eigenvalue weighted by molar-refractivity contribution is -0.140. The molecule has 9 N–H and O–H groups in total. The van der Waals surface area contributed by atoms with Crippen LogP contribution in [0.3, 0.4) is 0 Å². The molecule has 4 heterocycles. The summed E-state index contributed by atoms with van der Waals surface area (Å²) in [6.07, 6.45) is 8.10. The molecule has 2 aromatic heterocycles. The molecule has 6 amide bonds. The standard InChI is InChI=1S/C41H47N9O9/c42-41-48-34-32(37(55)49-41)25(22-45-34)15-12-23-10-13-24(14-11-23)35(53)46-28(40(58)59)16-18-30(51)44-21-6-4-2-1-3-5-20-43-27-9-7-8-26-33(27)39(57)50(38(26)56)29-17-19-31(52)47-36(29)54/h7-11,13-14,22,28-29,43H,1-6,12,15-21H2,(H,44,51)(H,46,53)(H,58,59)(H,47,52,54)(H4,42,45,48,49,55)/t28-,29?/m0/s1. The third kappa shape index (κ3) is 10.2. The number of nitrogens with zero attached hydrogens (tertiary/aromatic N) is 2. The van der Waals surface area contributed by atoms with Crippen LogP contribution in [-0.4, -0.2) is 91.5 Å². The Morgan fingerprint density at radius 3 is 2.37 bits per heavy atom. The summed E-state index contributed by atoms with van der Waals surface area (Å²) >= 11 is 0. The fourth-order valence-electron chi connectivity index (χ4n) is 7.35. The molecule has 0 saturated carbocycles. The molecular weight excluding hydrogens is 763 g/mol. The summed E-state index contributed by atoms with van der Waals surface area (Å²) in [4.78, 5) is 110. The van der Waals surface area contributed by atoms with E-state index in [-0.39, 0.29) is 59.8 Å². The fraction of sp³-hybridized carbons (Fsp3) is 0.390. The second kappa shape index (κ2) is 19.1. The number of rotatable bonds is 20. The van der Waals surface area contributed by atoms with Gasteiger partial charge in [-0.25, -0.2) is 4.79 Å². The van der Waals surface area contributed by atoms with E-state index < -0.39 is 47.6 Å². The van der Waals surface area contributed by atoms with Crippen LogP contribution < -0.4 is 32.6 Å². The Morgan fingerprint density at radius 2 is 1.64 bits per heavy atom. The van der Waals surface area contributed by atoms with Crippen LogP contribution in [0.15, 0.2) is 53.5 Å². The Balaban J connectivity index is 0.830. The topological polar surface area (TPSA) is 279 Å². The Morgan fingerprint density at radius 1 is 0.915 bits per heavy atom. The summed E-state index contributed by atoms with van der Waals surface area (Å²) in [7, 11) is 0.